The van der Waals surface area contributed by atoms with E-state index < -0.39 is 6.03 Å². The molecule has 2 aromatic rings. The molecule has 1 aromatic heterocycles. The van der Waals surface area contributed by atoms with Crippen molar-refractivity contribution in [3.63, 3.8) is 0 Å². The first kappa shape index (κ1) is 17.1. The van der Waals surface area contributed by atoms with E-state index in [2.05, 4.69) is 20.9 Å². The summed E-state index contributed by atoms with van der Waals surface area (Å²) in [6, 6.07) is 9.40. The molecule has 0 aliphatic carbocycles. The molecule has 120 valence electrons. The fourth-order valence-electron chi connectivity index (χ4n) is 1.70. The number of anilines is 1. The van der Waals surface area contributed by atoms with Crippen LogP contribution in [0.15, 0.2) is 42.6 Å². The van der Waals surface area contributed by atoms with Gasteiger partial charge in [0, 0.05) is 29.9 Å². The van der Waals surface area contributed by atoms with Crippen LogP contribution in [0.2, 0.25) is 10.2 Å². The monoisotopic (exact) mass is 352 g/mol. The molecule has 3 N–H and O–H groups in total. The molecule has 0 spiro atoms. The minimum absolute atomic E-state index is 0.207. The smallest absolute Gasteiger partial charge is 0.319 e. The lowest BCUT2D eigenvalue weighted by Gasteiger charge is -2.09. The molecule has 0 unspecified atom stereocenters. The standard InChI is InChI=1S/C15H14Cl2N4O2/c16-11-5-3-10(4-6-11)14(22)19-8-9-20-15(23)21-12-2-1-7-18-13(12)17/h1-7H,8-9H2,(H,19,22)(H2,20,21,23). The Hall–Kier alpha value is -2.31. The summed E-state index contributed by atoms with van der Waals surface area (Å²) in [6.07, 6.45) is 1.53. The molecule has 3 amide bonds. The molecule has 1 heterocycles. The largest absolute Gasteiger partial charge is 0.350 e. The second kappa shape index (κ2) is 8.36. The van der Waals surface area contributed by atoms with Crippen molar-refractivity contribution >= 4 is 40.8 Å². The van der Waals surface area contributed by atoms with Crippen LogP contribution in [-0.2, 0) is 0 Å². The average Bonchev–Trinajstić information content (AvgIpc) is 2.54. The molecular weight excluding hydrogens is 339 g/mol. The number of carbonyl (C=O) groups excluding carboxylic acids is 2. The van der Waals surface area contributed by atoms with Gasteiger partial charge in [-0.2, -0.15) is 0 Å². The predicted molar refractivity (Wildman–Crippen MR) is 90.1 cm³/mol. The van der Waals surface area contributed by atoms with E-state index in [9.17, 15) is 9.59 Å². The Labute approximate surface area is 143 Å². The second-order valence-electron chi connectivity index (χ2n) is 4.49. The lowest BCUT2D eigenvalue weighted by atomic mass is 10.2. The third-order valence-corrected chi connectivity index (χ3v) is 3.36. The van der Waals surface area contributed by atoms with Crippen molar-refractivity contribution in [3.05, 3.63) is 58.3 Å². The molecule has 8 heteroatoms. The topological polar surface area (TPSA) is 83.1 Å². The number of nitrogens with one attached hydrogen (secondary N) is 3. The summed E-state index contributed by atoms with van der Waals surface area (Å²) in [6.45, 7) is 0.554. The zero-order chi connectivity index (χ0) is 16.7. The highest BCUT2D eigenvalue weighted by Gasteiger charge is 2.06. The molecule has 0 saturated heterocycles. The number of carbonyl (C=O) groups is 2. The van der Waals surface area contributed by atoms with Crippen LogP contribution in [0.4, 0.5) is 10.5 Å². The molecule has 0 radical (unpaired) electrons. The van der Waals surface area contributed by atoms with Crippen molar-refractivity contribution < 1.29 is 9.59 Å². The van der Waals surface area contributed by atoms with Gasteiger partial charge in [0.25, 0.3) is 5.91 Å². The summed E-state index contributed by atoms with van der Waals surface area (Å²) < 4.78 is 0. The van der Waals surface area contributed by atoms with Gasteiger partial charge in [0.1, 0.15) is 0 Å². The van der Waals surface area contributed by atoms with Crippen LogP contribution in [0.1, 0.15) is 10.4 Å². The number of hydrogen-bond donors (Lipinski definition) is 3. The quantitative estimate of drug-likeness (QED) is 0.571. The van der Waals surface area contributed by atoms with E-state index in [0.29, 0.717) is 16.3 Å². The zero-order valence-electron chi connectivity index (χ0n) is 12.0. The number of urea groups is 1. The first-order valence-electron chi connectivity index (χ1n) is 6.75. The van der Waals surface area contributed by atoms with E-state index in [1.807, 2.05) is 0 Å². The van der Waals surface area contributed by atoms with Crippen LogP contribution >= 0.6 is 23.2 Å². The van der Waals surface area contributed by atoms with E-state index in [4.69, 9.17) is 23.2 Å². The van der Waals surface area contributed by atoms with Gasteiger partial charge in [-0.1, -0.05) is 23.2 Å². The van der Waals surface area contributed by atoms with Gasteiger partial charge in [-0.15, -0.1) is 0 Å². The van der Waals surface area contributed by atoms with Gasteiger partial charge in [0.15, 0.2) is 5.15 Å². The number of nitrogens with zero attached hydrogens (tertiary/aromatic N) is 1. The van der Waals surface area contributed by atoms with Crippen LogP contribution < -0.4 is 16.0 Å². The summed E-state index contributed by atoms with van der Waals surface area (Å²) in [5.41, 5.74) is 0.915. The SMILES string of the molecule is O=C(NCCNC(=O)c1ccc(Cl)cc1)Nc1cccnc1Cl. The maximum Gasteiger partial charge on any atom is 0.319 e. The Bertz CT molecular complexity index is 692. The second-order valence-corrected chi connectivity index (χ2v) is 5.28. The van der Waals surface area contributed by atoms with Gasteiger partial charge >= 0.3 is 6.03 Å². The first-order valence-corrected chi connectivity index (χ1v) is 7.51. The maximum absolute atomic E-state index is 11.8. The fraction of sp³-hybridized carbons (Fsp3) is 0.133. The molecule has 0 saturated carbocycles. The van der Waals surface area contributed by atoms with Gasteiger partial charge in [-0.25, -0.2) is 9.78 Å². The van der Waals surface area contributed by atoms with Crippen LogP contribution in [0.5, 0.6) is 0 Å². The summed E-state index contributed by atoms with van der Waals surface area (Å²) in [5, 5.41) is 8.62. The Balaban J connectivity index is 1.71. The Morgan fingerprint density at radius 1 is 1.00 bits per heavy atom. The average molecular weight is 353 g/mol. The summed E-state index contributed by atoms with van der Waals surface area (Å²) in [5.74, 6) is -0.237. The summed E-state index contributed by atoms with van der Waals surface area (Å²) in [4.78, 5) is 27.4. The number of aromatic nitrogens is 1. The fourth-order valence-corrected chi connectivity index (χ4v) is 1.99. The molecule has 6 nitrogen and oxygen atoms in total. The van der Waals surface area contributed by atoms with Gasteiger partial charge in [0.2, 0.25) is 0 Å². The van der Waals surface area contributed by atoms with E-state index in [0.717, 1.165) is 0 Å². The normalized spacial score (nSPS) is 10.0. The molecule has 0 fully saturated rings. The van der Waals surface area contributed by atoms with Crippen LogP contribution in [0.3, 0.4) is 0 Å². The Morgan fingerprint density at radius 3 is 2.39 bits per heavy atom. The van der Waals surface area contributed by atoms with E-state index in [-0.39, 0.29) is 24.1 Å². The lowest BCUT2D eigenvalue weighted by molar-refractivity contribution is 0.0954. The molecule has 0 aliphatic rings. The van der Waals surface area contributed by atoms with Crippen LogP contribution in [-0.4, -0.2) is 30.0 Å². The number of halogens is 2. The molecule has 23 heavy (non-hydrogen) atoms. The maximum atomic E-state index is 11.8. The van der Waals surface area contributed by atoms with Crippen LogP contribution in [0.25, 0.3) is 0 Å². The highest BCUT2D eigenvalue weighted by Crippen LogP contribution is 2.16. The number of pyridine rings is 1. The molecule has 2 rings (SSSR count). The number of hydrogen-bond acceptors (Lipinski definition) is 3. The molecule has 0 atom stereocenters. The van der Waals surface area contributed by atoms with Gasteiger partial charge in [0.05, 0.1) is 5.69 Å². The van der Waals surface area contributed by atoms with Crippen molar-refractivity contribution in [1.82, 2.24) is 15.6 Å². The van der Waals surface area contributed by atoms with Crippen molar-refractivity contribution in [3.8, 4) is 0 Å². The summed E-state index contributed by atoms with van der Waals surface area (Å²) >= 11 is 11.6. The lowest BCUT2D eigenvalue weighted by Crippen LogP contribution is -2.36. The number of amides is 3. The minimum Gasteiger partial charge on any atom is -0.350 e. The van der Waals surface area contributed by atoms with E-state index in [1.54, 1.807) is 36.4 Å². The summed E-state index contributed by atoms with van der Waals surface area (Å²) in [7, 11) is 0. The first-order chi connectivity index (χ1) is 11.1. The molecule has 1 aromatic carbocycles. The highest BCUT2D eigenvalue weighted by molar-refractivity contribution is 6.32. The zero-order valence-corrected chi connectivity index (χ0v) is 13.5. The van der Waals surface area contributed by atoms with Gasteiger partial charge in [-0.3, -0.25) is 4.79 Å². The Kier molecular flexibility index (Phi) is 6.19. The number of rotatable bonds is 5. The third-order valence-electron chi connectivity index (χ3n) is 2.81. The number of benzene rings is 1. The van der Waals surface area contributed by atoms with Crippen LogP contribution in [0, 0.1) is 0 Å². The van der Waals surface area contributed by atoms with Crippen molar-refractivity contribution in [2.75, 3.05) is 18.4 Å². The van der Waals surface area contributed by atoms with E-state index in [1.165, 1.54) is 6.20 Å². The molecular formula is C15H14Cl2N4O2. The van der Waals surface area contributed by atoms with E-state index >= 15 is 0 Å². The third kappa shape index (κ3) is 5.43. The highest BCUT2D eigenvalue weighted by atomic mass is 35.5. The molecule has 0 aliphatic heterocycles. The van der Waals surface area contributed by atoms with Gasteiger partial charge in [-0.05, 0) is 36.4 Å². The van der Waals surface area contributed by atoms with Crippen molar-refractivity contribution in [2.45, 2.75) is 0 Å². The van der Waals surface area contributed by atoms with Crippen molar-refractivity contribution in [1.29, 1.82) is 0 Å². The van der Waals surface area contributed by atoms with Crippen molar-refractivity contribution in [2.24, 2.45) is 0 Å². The minimum atomic E-state index is -0.430. The van der Waals surface area contributed by atoms with Gasteiger partial charge < -0.3 is 16.0 Å². The molecule has 0 bridgehead atoms. The predicted octanol–water partition coefficient (Wildman–Crippen LogP) is 2.94. The Morgan fingerprint density at radius 2 is 1.70 bits per heavy atom.